The van der Waals surface area contributed by atoms with Crippen LogP contribution in [0.1, 0.15) is 36.0 Å². The minimum absolute atomic E-state index is 0.0715. The van der Waals surface area contributed by atoms with Gasteiger partial charge < -0.3 is 20.7 Å². The highest BCUT2D eigenvalue weighted by Gasteiger charge is 2.30. The van der Waals surface area contributed by atoms with E-state index < -0.39 is 6.10 Å². The molecule has 0 spiro atoms. The van der Waals surface area contributed by atoms with Crippen molar-refractivity contribution < 1.29 is 9.90 Å². The number of hydrogen-bond donors (Lipinski definition) is 3. The van der Waals surface area contributed by atoms with Crippen molar-refractivity contribution in [3.05, 3.63) is 30.0 Å². The topological polar surface area (TPSA) is 82.4 Å². The molecule has 112 valence electrons. The van der Waals surface area contributed by atoms with Crippen molar-refractivity contribution in [3.8, 4) is 0 Å². The lowest BCUT2D eigenvalue weighted by molar-refractivity contribution is 0.0269. The Kier molecular flexibility index (Phi) is 3.59. The Hall–Kier alpha value is -2.01. The number of aromatic nitrogens is 1. The third-order valence-electron chi connectivity index (χ3n) is 4.45. The van der Waals surface area contributed by atoms with Gasteiger partial charge in [-0.25, -0.2) is 0 Å². The van der Waals surface area contributed by atoms with Crippen LogP contribution in [0.5, 0.6) is 0 Å². The van der Waals surface area contributed by atoms with Gasteiger partial charge in [0.1, 0.15) is 0 Å². The molecule has 2 unspecified atom stereocenters. The van der Waals surface area contributed by atoms with Crippen LogP contribution in [0.2, 0.25) is 0 Å². The summed E-state index contributed by atoms with van der Waals surface area (Å²) in [6, 6.07) is 5.39. The van der Waals surface area contributed by atoms with Crippen LogP contribution in [-0.4, -0.2) is 40.1 Å². The van der Waals surface area contributed by atoms with Crippen molar-refractivity contribution in [1.29, 1.82) is 0 Å². The van der Waals surface area contributed by atoms with Crippen LogP contribution in [0, 0.1) is 0 Å². The number of anilines is 1. The molecule has 4 N–H and O–H groups in total. The zero-order valence-corrected chi connectivity index (χ0v) is 12.2. The molecule has 5 nitrogen and oxygen atoms in total. The number of aliphatic hydroxyl groups excluding tert-OH is 1. The maximum Gasteiger partial charge on any atom is 0.256 e. The number of amides is 1. The number of nitrogens with zero attached hydrogens (tertiary/aromatic N) is 1. The van der Waals surface area contributed by atoms with Gasteiger partial charge >= 0.3 is 0 Å². The Morgan fingerprint density at radius 2 is 2.14 bits per heavy atom. The molecule has 21 heavy (non-hydrogen) atoms. The second kappa shape index (κ2) is 5.41. The summed E-state index contributed by atoms with van der Waals surface area (Å²) in [6.07, 6.45) is 5.00. The molecule has 1 aromatic carbocycles. The van der Waals surface area contributed by atoms with E-state index in [1.54, 1.807) is 18.1 Å². The summed E-state index contributed by atoms with van der Waals surface area (Å²) in [5, 5.41) is 11.0. The Morgan fingerprint density at radius 3 is 2.90 bits per heavy atom. The second-order valence-corrected chi connectivity index (χ2v) is 5.84. The standard InChI is InChI=1S/C16H21N3O2/c1-19(14-4-2-3-5-15(14)20)16(21)12-9-18-13-7-6-10(17)8-11(12)13/h6-9,14-15,18,20H,2-5,17H2,1H3. The molecule has 0 aliphatic heterocycles. The van der Waals surface area contributed by atoms with Gasteiger partial charge in [-0.3, -0.25) is 4.79 Å². The summed E-state index contributed by atoms with van der Waals surface area (Å²) < 4.78 is 0. The number of rotatable bonds is 2. The summed E-state index contributed by atoms with van der Waals surface area (Å²) in [5.74, 6) is -0.0715. The number of aromatic amines is 1. The van der Waals surface area contributed by atoms with Gasteiger partial charge in [-0.1, -0.05) is 12.8 Å². The first-order valence-corrected chi connectivity index (χ1v) is 7.40. The fraction of sp³-hybridized carbons (Fsp3) is 0.438. The number of nitrogen functional groups attached to an aromatic ring is 1. The van der Waals surface area contributed by atoms with Gasteiger partial charge in [-0.05, 0) is 31.0 Å². The van der Waals surface area contributed by atoms with Crippen LogP contribution in [-0.2, 0) is 0 Å². The van der Waals surface area contributed by atoms with Crippen molar-refractivity contribution >= 4 is 22.5 Å². The van der Waals surface area contributed by atoms with E-state index in [0.29, 0.717) is 11.3 Å². The number of carbonyl (C=O) groups is 1. The minimum Gasteiger partial charge on any atom is -0.399 e. The van der Waals surface area contributed by atoms with Crippen LogP contribution >= 0.6 is 0 Å². The third kappa shape index (κ3) is 2.49. The highest BCUT2D eigenvalue weighted by molar-refractivity contribution is 6.07. The molecule has 0 bridgehead atoms. The van der Waals surface area contributed by atoms with Crippen LogP contribution in [0.4, 0.5) is 5.69 Å². The number of hydrogen-bond acceptors (Lipinski definition) is 3. The van der Waals surface area contributed by atoms with Gasteiger partial charge in [-0.2, -0.15) is 0 Å². The summed E-state index contributed by atoms with van der Waals surface area (Å²) in [6.45, 7) is 0. The summed E-state index contributed by atoms with van der Waals surface area (Å²) >= 11 is 0. The maximum atomic E-state index is 12.7. The second-order valence-electron chi connectivity index (χ2n) is 5.84. The van der Waals surface area contributed by atoms with Crippen molar-refractivity contribution in [2.45, 2.75) is 37.8 Å². The van der Waals surface area contributed by atoms with E-state index in [2.05, 4.69) is 4.98 Å². The average Bonchev–Trinajstić information content (AvgIpc) is 2.89. The molecule has 1 aliphatic carbocycles. The Balaban J connectivity index is 1.91. The molecule has 0 saturated heterocycles. The van der Waals surface area contributed by atoms with Crippen LogP contribution in [0.15, 0.2) is 24.4 Å². The number of H-pyrrole nitrogens is 1. The van der Waals surface area contributed by atoms with Crippen molar-refractivity contribution in [2.75, 3.05) is 12.8 Å². The fourth-order valence-corrected chi connectivity index (χ4v) is 3.20. The zero-order chi connectivity index (χ0) is 15.0. The molecule has 1 aliphatic rings. The molecule has 2 aromatic rings. The van der Waals surface area contributed by atoms with Crippen molar-refractivity contribution in [1.82, 2.24) is 9.88 Å². The highest BCUT2D eigenvalue weighted by Crippen LogP contribution is 2.26. The summed E-state index contributed by atoms with van der Waals surface area (Å²) in [5.41, 5.74) is 7.95. The molecular weight excluding hydrogens is 266 g/mol. The average molecular weight is 287 g/mol. The quantitative estimate of drug-likeness (QED) is 0.740. The lowest BCUT2D eigenvalue weighted by Crippen LogP contribution is -2.46. The monoisotopic (exact) mass is 287 g/mol. The van der Waals surface area contributed by atoms with E-state index in [-0.39, 0.29) is 11.9 Å². The SMILES string of the molecule is CN(C(=O)c1c[nH]c2ccc(N)cc12)C1CCCCC1O. The van der Waals surface area contributed by atoms with Crippen molar-refractivity contribution in [2.24, 2.45) is 0 Å². The van der Waals surface area contributed by atoms with Crippen LogP contribution in [0.3, 0.4) is 0 Å². The number of nitrogens with two attached hydrogens (primary N) is 1. The normalized spacial score (nSPS) is 22.4. The highest BCUT2D eigenvalue weighted by atomic mass is 16.3. The van der Waals surface area contributed by atoms with Crippen LogP contribution < -0.4 is 5.73 Å². The first-order valence-electron chi connectivity index (χ1n) is 7.40. The molecule has 1 saturated carbocycles. The Labute approximate surface area is 123 Å². The first-order chi connectivity index (χ1) is 10.1. The van der Waals surface area contributed by atoms with Crippen LogP contribution in [0.25, 0.3) is 10.9 Å². The van der Waals surface area contributed by atoms with E-state index >= 15 is 0 Å². The van der Waals surface area contributed by atoms with Gasteiger partial charge in [0, 0.05) is 29.8 Å². The maximum absolute atomic E-state index is 12.7. The van der Waals surface area contributed by atoms with Gasteiger partial charge in [-0.15, -0.1) is 0 Å². The Bertz CT molecular complexity index is 665. The minimum atomic E-state index is -0.428. The number of nitrogens with one attached hydrogen (secondary N) is 1. The molecule has 1 aromatic heterocycles. The molecule has 1 amide bonds. The number of benzene rings is 1. The predicted octanol–water partition coefficient (Wildman–Crippen LogP) is 2.13. The van der Waals surface area contributed by atoms with E-state index in [9.17, 15) is 9.90 Å². The van der Waals surface area contributed by atoms with Gasteiger partial charge in [0.25, 0.3) is 5.91 Å². The molecule has 1 fully saturated rings. The number of aliphatic hydroxyl groups is 1. The molecule has 2 atom stereocenters. The lowest BCUT2D eigenvalue weighted by atomic mass is 9.91. The number of carbonyl (C=O) groups excluding carboxylic acids is 1. The summed E-state index contributed by atoms with van der Waals surface area (Å²) in [4.78, 5) is 17.5. The molecule has 3 rings (SSSR count). The fourth-order valence-electron chi connectivity index (χ4n) is 3.20. The zero-order valence-electron chi connectivity index (χ0n) is 12.2. The third-order valence-corrected chi connectivity index (χ3v) is 4.45. The van der Waals surface area contributed by atoms with E-state index in [0.717, 1.165) is 36.6 Å². The Morgan fingerprint density at radius 1 is 1.38 bits per heavy atom. The lowest BCUT2D eigenvalue weighted by Gasteiger charge is -2.35. The smallest absolute Gasteiger partial charge is 0.256 e. The summed E-state index contributed by atoms with van der Waals surface area (Å²) in [7, 11) is 1.77. The largest absolute Gasteiger partial charge is 0.399 e. The van der Waals surface area contributed by atoms with Gasteiger partial charge in [0.2, 0.25) is 0 Å². The van der Waals surface area contributed by atoms with E-state index in [1.165, 1.54) is 0 Å². The molecule has 0 radical (unpaired) electrons. The number of fused-ring (bicyclic) bond motifs is 1. The number of likely N-dealkylation sites (N-methyl/N-ethyl adjacent to an activating group) is 1. The molecule has 1 heterocycles. The van der Waals surface area contributed by atoms with Crippen molar-refractivity contribution in [3.63, 3.8) is 0 Å². The predicted molar refractivity (Wildman–Crippen MR) is 83.1 cm³/mol. The van der Waals surface area contributed by atoms with Gasteiger partial charge in [0.05, 0.1) is 17.7 Å². The molecule has 5 heteroatoms. The van der Waals surface area contributed by atoms with E-state index in [1.807, 2.05) is 18.2 Å². The van der Waals surface area contributed by atoms with Gasteiger partial charge in [0.15, 0.2) is 0 Å². The van der Waals surface area contributed by atoms with E-state index in [4.69, 9.17) is 5.73 Å². The molecular formula is C16H21N3O2. The first kappa shape index (κ1) is 13.9.